The van der Waals surface area contributed by atoms with Gasteiger partial charge in [-0.25, -0.2) is 0 Å². The Balaban J connectivity index is 1.49. The third-order valence-corrected chi connectivity index (χ3v) is 5.99. The van der Waals surface area contributed by atoms with Crippen LogP contribution in [0.5, 0.6) is 11.5 Å². The Kier molecular flexibility index (Phi) is 7.93. The first-order chi connectivity index (χ1) is 14.9. The summed E-state index contributed by atoms with van der Waals surface area (Å²) in [6.07, 6.45) is 0. The number of ether oxygens (including phenoxy) is 2. The van der Waals surface area contributed by atoms with Gasteiger partial charge in [-0.05, 0) is 42.7 Å². The summed E-state index contributed by atoms with van der Waals surface area (Å²) >= 11 is 0. The number of rotatable bonds is 8. The molecule has 1 amide bonds. The van der Waals surface area contributed by atoms with Crippen LogP contribution in [0.25, 0.3) is 0 Å². The highest BCUT2D eigenvalue weighted by atomic mass is 16.5. The molecule has 0 N–H and O–H groups in total. The number of likely N-dealkylation sites (N-methyl/N-ethyl adjacent to an activating group) is 1. The van der Waals surface area contributed by atoms with Crippen LogP contribution in [0.3, 0.4) is 0 Å². The monoisotopic (exact) mass is 425 g/mol. The van der Waals surface area contributed by atoms with E-state index in [-0.39, 0.29) is 5.91 Å². The Morgan fingerprint density at radius 1 is 0.968 bits per heavy atom. The van der Waals surface area contributed by atoms with E-state index in [4.69, 9.17) is 9.47 Å². The van der Waals surface area contributed by atoms with Gasteiger partial charge in [0.15, 0.2) is 11.5 Å². The Morgan fingerprint density at radius 3 is 2.26 bits per heavy atom. The van der Waals surface area contributed by atoms with Crippen molar-refractivity contribution in [3.63, 3.8) is 0 Å². The van der Waals surface area contributed by atoms with Crippen LogP contribution in [0.15, 0.2) is 36.4 Å². The first kappa shape index (κ1) is 23.1. The Morgan fingerprint density at radius 2 is 1.61 bits per heavy atom. The van der Waals surface area contributed by atoms with Crippen molar-refractivity contribution in [2.45, 2.75) is 26.9 Å². The maximum absolute atomic E-state index is 12.8. The number of aryl methyl sites for hydroxylation is 2. The fraction of sp³-hybridized carbons (Fsp3) is 0.480. The minimum atomic E-state index is 0.140. The van der Waals surface area contributed by atoms with Gasteiger partial charge in [0.05, 0.1) is 20.8 Å². The van der Waals surface area contributed by atoms with E-state index in [1.165, 1.54) is 11.1 Å². The average molecular weight is 426 g/mol. The predicted octanol–water partition coefficient (Wildman–Crippen LogP) is 3.10. The predicted molar refractivity (Wildman–Crippen MR) is 124 cm³/mol. The number of carbonyl (C=O) groups excluding carboxylic acids is 1. The van der Waals surface area contributed by atoms with E-state index in [9.17, 15) is 4.79 Å². The molecule has 0 unspecified atom stereocenters. The second kappa shape index (κ2) is 10.6. The number of nitrogens with zero attached hydrogens (tertiary/aromatic N) is 3. The number of carbonyl (C=O) groups is 1. The number of methoxy groups -OCH3 is 2. The van der Waals surface area contributed by atoms with Gasteiger partial charge in [0.2, 0.25) is 5.91 Å². The van der Waals surface area contributed by atoms with Crippen LogP contribution >= 0.6 is 0 Å². The lowest BCUT2D eigenvalue weighted by molar-refractivity contribution is -0.132. The van der Waals surface area contributed by atoms with E-state index < -0.39 is 0 Å². The summed E-state index contributed by atoms with van der Waals surface area (Å²) in [4.78, 5) is 19.3. The summed E-state index contributed by atoms with van der Waals surface area (Å²) in [7, 11) is 5.13. The van der Waals surface area contributed by atoms with Crippen molar-refractivity contribution in [1.29, 1.82) is 0 Å². The van der Waals surface area contributed by atoms with E-state index in [2.05, 4.69) is 41.0 Å². The van der Waals surface area contributed by atoms with Gasteiger partial charge in [0.25, 0.3) is 0 Å². The number of amides is 1. The Labute approximate surface area is 186 Å². The van der Waals surface area contributed by atoms with Crippen molar-refractivity contribution in [2.75, 3.05) is 54.0 Å². The van der Waals surface area contributed by atoms with Crippen molar-refractivity contribution in [3.05, 3.63) is 58.7 Å². The third kappa shape index (κ3) is 6.21. The highest BCUT2D eigenvalue weighted by molar-refractivity contribution is 5.78. The van der Waals surface area contributed by atoms with E-state index in [0.717, 1.165) is 43.9 Å². The van der Waals surface area contributed by atoms with Crippen LogP contribution in [0.1, 0.15) is 22.3 Å². The summed E-state index contributed by atoms with van der Waals surface area (Å²) in [5.41, 5.74) is 4.81. The SMILES string of the molecule is COc1cc(C)c(CN(C)C(=O)CN2CCN(Cc3cccc(C)c3)CC2)cc1OC. The molecule has 1 fully saturated rings. The molecule has 1 heterocycles. The van der Waals surface area contributed by atoms with Crippen molar-refractivity contribution in [2.24, 2.45) is 0 Å². The van der Waals surface area contributed by atoms with E-state index in [1.807, 2.05) is 26.1 Å². The molecule has 31 heavy (non-hydrogen) atoms. The van der Waals surface area contributed by atoms with E-state index in [1.54, 1.807) is 19.1 Å². The molecule has 1 saturated heterocycles. The molecule has 1 aliphatic heterocycles. The van der Waals surface area contributed by atoms with E-state index >= 15 is 0 Å². The van der Waals surface area contributed by atoms with Gasteiger partial charge >= 0.3 is 0 Å². The molecule has 0 saturated carbocycles. The topological polar surface area (TPSA) is 45.2 Å². The van der Waals surface area contributed by atoms with Crippen molar-refractivity contribution in [3.8, 4) is 11.5 Å². The minimum Gasteiger partial charge on any atom is -0.493 e. The van der Waals surface area contributed by atoms with Gasteiger partial charge in [0.1, 0.15) is 0 Å². The zero-order valence-corrected chi connectivity index (χ0v) is 19.5. The number of benzene rings is 2. The van der Waals surface area contributed by atoms with Gasteiger partial charge in [-0.2, -0.15) is 0 Å². The van der Waals surface area contributed by atoms with Gasteiger partial charge in [0, 0.05) is 46.3 Å². The molecule has 1 aliphatic rings. The summed E-state index contributed by atoms with van der Waals surface area (Å²) in [5.74, 6) is 1.54. The van der Waals surface area contributed by atoms with Crippen LogP contribution in [-0.4, -0.2) is 74.6 Å². The minimum absolute atomic E-state index is 0.140. The molecule has 0 radical (unpaired) electrons. The lowest BCUT2D eigenvalue weighted by atomic mass is 10.1. The quantitative estimate of drug-likeness (QED) is 0.650. The molecule has 6 nitrogen and oxygen atoms in total. The molecule has 0 aromatic heterocycles. The van der Waals surface area contributed by atoms with Crippen LogP contribution in [0.2, 0.25) is 0 Å². The molecule has 2 aromatic rings. The van der Waals surface area contributed by atoms with E-state index in [0.29, 0.717) is 24.6 Å². The molecule has 0 spiro atoms. The highest BCUT2D eigenvalue weighted by Crippen LogP contribution is 2.30. The highest BCUT2D eigenvalue weighted by Gasteiger charge is 2.21. The lowest BCUT2D eigenvalue weighted by Crippen LogP contribution is -2.49. The Hall–Kier alpha value is -2.57. The number of piperazine rings is 1. The van der Waals surface area contributed by atoms with Crippen LogP contribution in [0.4, 0.5) is 0 Å². The van der Waals surface area contributed by atoms with Gasteiger partial charge in [-0.15, -0.1) is 0 Å². The van der Waals surface area contributed by atoms with Crippen molar-refractivity contribution >= 4 is 5.91 Å². The summed E-state index contributed by atoms with van der Waals surface area (Å²) in [5, 5.41) is 0. The van der Waals surface area contributed by atoms with Crippen LogP contribution in [-0.2, 0) is 17.9 Å². The molecule has 3 rings (SSSR count). The molecule has 0 bridgehead atoms. The standard InChI is InChI=1S/C25H35N3O3/c1-19-7-6-8-21(13-19)16-27-9-11-28(12-10-27)18-25(29)26(3)17-22-15-24(31-5)23(30-4)14-20(22)2/h6-8,13-15H,9-12,16-18H2,1-5H3. The fourth-order valence-corrected chi connectivity index (χ4v) is 4.02. The first-order valence-electron chi connectivity index (χ1n) is 10.9. The van der Waals surface area contributed by atoms with Crippen LogP contribution in [0, 0.1) is 13.8 Å². The zero-order chi connectivity index (χ0) is 22.4. The maximum atomic E-state index is 12.8. The average Bonchev–Trinajstić information content (AvgIpc) is 2.76. The number of hydrogen-bond acceptors (Lipinski definition) is 5. The van der Waals surface area contributed by atoms with Gasteiger partial charge in [-0.3, -0.25) is 14.6 Å². The molecule has 0 aliphatic carbocycles. The van der Waals surface area contributed by atoms with Crippen LogP contribution < -0.4 is 9.47 Å². The lowest BCUT2D eigenvalue weighted by Gasteiger charge is -2.35. The number of hydrogen-bond donors (Lipinski definition) is 0. The molecule has 2 aromatic carbocycles. The normalized spacial score (nSPS) is 15.0. The summed E-state index contributed by atoms with van der Waals surface area (Å²) in [6, 6.07) is 12.6. The maximum Gasteiger partial charge on any atom is 0.236 e. The Bertz CT molecular complexity index is 892. The molecular weight excluding hydrogens is 390 g/mol. The largest absolute Gasteiger partial charge is 0.493 e. The zero-order valence-electron chi connectivity index (χ0n) is 19.5. The molecule has 6 heteroatoms. The summed E-state index contributed by atoms with van der Waals surface area (Å²) in [6.45, 7) is 9.96. The van der Waals surface area contributed by atoms with Gasteiger partial charge in [-0.1, -0.05) is 29.8 Å². The van der Waals surface area contributed by atoms with Crippen molar-refractivity contribution in [1.82, 2.24) is 14.7 Å². The molecule has 0 atom stereocenters. The summed E-state index contributed by atoms with van der Waals surface area (Å²) < 4.78 is 10.8. The van der Waals surface area contributed by atoms with Crippen molar-refractivity contribution < 1.29 is 14.3 Å². The second-order valence-corrected chi connectivity index (χ2v) is 8.42. The smallest absolute Gasteiger partial charge is 0.236 e. The first-order valence-corrected chi connectivity index (χ1v) is 10.9. The third-order valence-electron chi connectivity index (χ3n) is 5.99. The van der Waals surface area contributed by atoms with Gasteiger partial charge < -0.3 is 14.4 Å². The molecular formula is C25H35N3O3. The second-order valence-electron chi connectivity index (χ2n) is 8.42. The fourth-order valence-electron chi connectivity index (χ4n) is 4.02. The molecule has 168 valence electrons.